The summed E-state index contributed by atoms with van der Waals surface area (Å²) in [6.45, 7) is 0. The van der Waals surface area contributed by atoms with E-state index in [4.69, 9.17) is 34.8 Å². The van der Waals surface area contributed by atoms with Gasteiger partial charge in [0.2, 0.25) is 0 Å². The molecule has 0 aromatic heterocycles. The van der Waals surface area contributed by atoms with Crippen molar-refractivity contribution >= 4 is 58.3 Å². The predicted octanol–water partition coefficient (Wildman–Crippen LogP) is 5.26. The molecule has 5 rings (SSSR count). The summed E-state index contributed by atoms with van der Waals surface area (Å²) < 4.78 is 0. The van der Waals surface area contributed by atoms with E-state index in [1.54, 1.807) is 42.5 Å². The van der Waals surface area contributed by atoms with Crippen LogP contribution in [-0.2, 0) is 9.59 Å². The Morgan fingerprint density at radius 3 is 2.11 bits per heavy atom. The number of Topliss-reactive ketones (excluding diaryl/α,β-unsaturated/α-hetero) is 1. The summed E-state index contributed by atoms with van der Waals surface area (Å²) in [6, 6.07) is 11.4. The molecule has 35 heavy (non-hydrogen) atoms. The summed E-state index contributed by atoms with van der Waals surface area (Å²) in [4.78, 5) is 55.0. The van der Waals surface area contributed by atoms with Crippen LogP contribution in [0.5, 0.6) is 0 Å². The second-order valence-corrected chi connectivity index (χ2v) is 10.6. The topological polar surface area (TPSA) is 74.8 Å². The molecular weight excluding hydrogens is 511 g/mol. The van der Waals surface area contributed by atoms with E-state index in [0.717, 1.165) is 29.3 Å². The van der Waals surface area contributed by atoms with E-state index in [0.29, 0.717) is 10.6 Å². The van der Waals surface area contributed by atoms with Crippen LogP contribution in [0.1, 0.15) is 46.4 Å². The Morgan fingerprint density at radius 2 is 1.54 bits per heavy atom. The van der Waals surface area contributed by atoms with Gasteiger partial charge in [0.15, 0.2) is 5.78 Å². The first kappa shape index (κ1) is 24.3. The van der Waals surface area contributed by atoms with E-state index in [1.807, 2.05) is 0 Å². The number of rotatable bonds is 7. The Kier molecular flexibility index (Phi) is 6.64. The Bertz CT molecular complexity index is 1170. The normalized spacial score (nSPS) is 25.6. The third kappa shape index (κ3) is 4.05. The van der Waals surface area contributed by atoms with Crippen LogP contribution in [0.15, 0.2) is 48.5 Å². The Morgan fingerprint density at radius 1 is 0.943 bits per heavy atom. The number of carbonyl (C=O) groups excluding carboxylic acids is 4. The molecule has 1 saturated heterocycles. The second kappa shape index (κ2) is 9.57. The lowest BCUT2D eigenvalue weighted by molar-refractivity contribution is -0.157. The van der Waals surface area contributed by atoms with Crippen LogP contribution >= 0.6 is 34.8 Å². The number of nitrogens with zero attached hydrogens (tertiary/aromatic N) is 2. The molecule has 1 aliphatic heterocycles. The highest BCUT2D eigenvalue weighted by Crippen LogP contribution is 2.56. The van der Waals surface area contributed by atoms with Crippen LogP contribution in [0.3, 0.4) is 0 Å². The summed E-state index contributed by atoms with van der Waals surface area (Å²) in [6.07, 6.45) is 2.68. The highest BCUT2D eigenvalue weighted by atomic mass is 35.5. The molecule has 0 unspecified atom stereocenters. The van der Waals surface area contributed by atoms with Crippen molar-refractivity contribution in [3.8, 4) is 0 Å². The molecule has 2 saturated carbocycles. The molecule has 2 aliphatic carbocycles. The molecular formula is C26H23Cl3N2O4. The quantitative estimate of drug-likeness (QED) is 0.276. The van der Waals surface area contributed by atoms with Crippen molar-refractivity contribution in [3.05, 3.63) is 69.7 Å². The molecule has 0 radical (unpaired) electrons. The molecule has 5 atom stereocenters. The lowest BCUT2D eigenvalue weighted by Crippen LogP contribution is -2.58. The first-order valence-electron chi connectivity index (χ1n) is 11.6. The fraction of sp³-hybridized carbons (Fsp3) is 0.385. The number of halogens is 3. The number of amides is 3. The number of hydrogen-bond acceptors (Lipinski definition) is 4. The maximum Gasteiger partial charge on any atom is 0.275 e. The minimum Gasteiger partial charge on any atom is -0.292 e. The zero-order valence-corrected chi connectivity index (χ0v) is 21.0. The number of ketones is 1. The van der Waals surface area contributed by atoms with E-state index in [2.05, 4.69) is 0 Å². The van der Waals surface area contributed by atoms with Crippen molar-refractivity contribution < 1.29 is 19.2 Å². The lowest BCUT2D eigenvalue weighted by Gasteiger charge is -2.37. The molecule has 2 aromatic carbocycles. The molecule has 0 N–H and O–H groups in total. The number of fused-ring (bicyclic) bond motifs is 5. The fourth-order valence-electron chi connectivity index (χ4n) is 6.01. The van der Waals surface area contributed by atoms with Gasteiger partial charge in [0.25, 0.3) is 17.7 Å². The third-order valence-electron chi connectivity index (χ3n) is 7.54. The average molecular weight is 534 g/mol. The predicted molar refractivity (Wildman–Crippen MR) is 132 cm³/mol. The molecule has 0 spiro atoms. The monoisotopic (exact) mass is 532 g/mol. The SMILES string of the molecule is O=C(c1ccc(Cl)cc1)[C@H](CCCl)N(C(=O)c1ccccc1Cl)N1C(=O)[C@@H]2[C@H]3CC[C@@H](C3)[C@H]2C1=O. The van der Waals surface area contributed by atoms with Gasteiger partial charge in [-0.05, 0) is 73.9 Å². The first-order valence-corrected chi connectivity index (χ1v) is 12.9. The highest BCUT2D eigenvalue weighted by molar-refractivity contribution is 6.34. The molecule has 2 bridgehead atoms. The van der Waals surface area contributed by atoms with E-state index < -0.39 is 41.4 Å². The number of hydrogen-bond donors (Lipinski definition) is 0. The van der Waals surface area contributed by atoms with E-state index in [1.165, 1.54) is 6.07 Å². The van der Waals surface area contributed by atoms with Crippen molar-refractivity contribution in [2.75, 3.05) is 5.88 Å². The highest BCUT2D eigenvalue weighted by Gasteiger charge is 2.63. The average Bonchev–Trinajstić information content (AvgIpc) is 3.54. The minimum atomic E-state index is -1.18. The number of alkyl halides is 1. The number of benzene rings is 2. The van der Waals surface area contributed by atoms with Gasteiger partial charge in [-0.15, -0.1) is 11.6 Å². The zero-order chi connectivity index (χ0) is 24.9. The van der Waals surface area contributed by atoms with Gasteiger partial charge in [-0.25, -0.2) is 5.01 Å². The Hall–Kier alpha value is -2.41. The first-order chi connectivity index (χ1) is 16.8. The van der Waals surface area contributed by atoms with Gasteiger partial charge in [0.1, 0.15) is 6.04 Å². The van der Waals surface area contributed by atoms with Crippen LogP contribution in [0.25, 0.3) is 0 Å². The number of hydrazine groups is 1. The summed E-state index contributed by atoms with van der Waals surface area (Å²) >= 11 is 18.4. The van der Waals surface area contributed by atoms with Crippen molar-refractivity contribution in [3.63, 3.8) is 0 Å². The summed E-state index contributed by atoms with van der Waals surface area (Å²) in [7, 11) is 0. The standard InChI is InChI=1S/C26H23Cl3N2O4/c27-12-11-20(23(32)14-7-9-17(28)10-8-14)30(24(33)18-3-1-2-4-19(18)29)31-25(34)21-15-5-6-16(13-15)22(21)26(31)35/h1-4,7-10,15-16,20-22H,5-6,11-13H2/t15-,16-,20-,21+,22+/m0/s1. The van der Waals surface area contributed by atoms with Crippen molar-refractivity contribution in [2.45, 2.75) is 31.7 Å². The third-order valence-corrected chi connectivity index (χ3v) is 8.34. The zero-order valence-electron chi connectivity index (χ0n) is 18.7. The van der Waals surface area contributed by atoms with Crippen LogP contribution < -0.4 is 0 Å². The number of imide groups is 1. The van der Waals surface area contributed by atoms with Gasteiger partial charge < -0.3 is 0 Å². The van der Waals surface area contributed by atoms with Crippen molar-refractivity contribution in [1.29, 1.82) is 0 Å². The largest absolute Gasteiger partial charge is 0.292 e. The van der Waals surface area contributed by atoms with Crippen LogP contribution in [-0.4, -0.2) is 45.4 Å². The van der Waals surface area contributed by atoms with Gasteiger partial charge in [0.05, 0.1) is 22.4 Å². The van der Waals surface area contributed by atoms with Gasteiger partial charge in [-0.2, -0.15) is 5.01 Å². The van der Waals surface area contributed by atoms with Crippen molar-refractivity contribution in [2.24, 2.45) is 23.7 Å². The van der Waals surface area contributed by atoms with Crippen LogP contribution in [0.4, 0.5) is 0 Å². The smallest absolute Gasteiger partial charge is 0.275 e. The summed E-state index contributed by atoms with van der Waals surface area (Å²) in [5.41, 5.74) is 0.388. The maximum absolute atomic E-state index is 13.9. The molecule has 3 fully saturated rings. The number of carbonyl (C=O) groups is 4. The van der Waals surface area contributed by atoms with E-state index >= 15 is 0 Å². The molecule has 182 valence electrons. The fourth-order valence-corrected chi connectivity index (χ4v) is 6.56. The lowest BCUT2D eigenvalue weighted by atomic mass is 9.81. The van der Waals surface area contributed by atoms with Gasteiger partial charge >= 0.3 is 0 Å². The second-order valence-electron chi connectivity index (χ2n) is 9.37. The van der Waals surface area contributed by atoms with Gasteiger partial charge in [-0.1, -0.05) is 35.3 Å². The summed E-state index contributed by atoms with van der Waals surface area (Å²) in [5.74, 6) is -2.60. The van der Waals surface area contributed by atoms with Crippen molar-refractivity contribution in [1.82, 2.24) is 10.0 Å². The van der Waals surface area contributed by atoms with Gasteiger partial charge in [-0.3, -0.25) is 19.2 Å². The molecule has 9 heteroatoms. The Labute approximate surface area is 218 Å². The van der Waals surface area contributed by atoms with E-state index in [-0.39, 0.29) is 34.7 Å². The molecule has 3 amide bonds. The maximum atomic E-state index is 13.9. The molecule has 3 aliphatic rings. The molecule has 6 nitrogen and oxygen atoms in total. The van der Waals surface area contributed by atoms with Crippen LogP contribution in [0.2, 0.25) is 10.0 Å². The Balaban J connectivity index is 1.60. The van der Waals surface area contributed by atoms with Gasteiger partial charge in [0, 0.05) is 16.5 Å². The molecule has 2 aromatic rings. The molecule has 1 heterocycles. The minimum absolute atomic E-state index is 0.0324. The summed E-state index contributed by atoms with van der Waals surface area (Å²) in [5, 5.41) is 2.55. The van der Waals surface area contributed by atoms with E-state index in [9.17, 15) is 19.2 Å². The van der Waals surface area contributed by atoms with Crippen LogP contribution in [0, 0.1) is 23.7 Å².